The molecule has 0 N–H and O–H groups in total. The molecule has 0 spiro atoms. The molecule has 0 radical (unpaired) electrons. The normalized spacial score (nSPS) is 17.4. The van der Waals surface area contributed by atoms with Gasteiger partial charge in [0.25, 0.3) is 0 Å². The Balaban J connectivity index is 2.26. The van der Waals surface area contributed by atoms with Crippen molar-refractivity contribution in [1.29, 1.82) is 0 Å². The molecule has 3 rings (SSSR count). The van der Waals surface area contributed by atoms with E-state index in [4.69, 9.17) is 17.0 Å². The fourth-order valence-corrected chi connectivity index (χ4v) is 9.30. The van der Waals surface area contributed by atoms with Crippen molar-refractivity contribution in [2.24, 2.45) is 5.92 Å². The van der Waals surface area contributed by atoms with E-state index in [1.54, 1.807) is 0 Å². The Morgan fingerprint density at radius 3 is 2.38 bits per heavy atom. The first-order valence-electron chi connectivity index (χ1n) is 8.54. The van der Waals surface area contributed by atoms with Crippen molar-refractivity contribution >= 4 is 23.1 Å². The number of hydrogen-bond donors (Lipinski definition) is 0. The van der Waals surface area contributed by atoms with E-state index >= 15 is 0 Å². The molecule has 0 saturated heterocycles. The minimum atomic E-state index is -2.45. The first-order chi connectivity index (χ1) is 11.5. The molecule has 0 fully saturated rings. The number of hydrogen-bond acceptors (Lipinski definition) is 0. The number of allylic oxidation sites excluding steroid dienone is 1. The fourth-order valence-electron chi connectivity index (χ4n) is 3.70. The van der Waals surface area contributed by atoms with Gasteiger partial charge in [-0.1, -0.05) is 0 Å². The summed E-state index contributed by atoms with van der Waals surface area (Å²) in [6.45, 7) is 8.92. The van der Waals surface area contributed by atoms with Gasteiger partial charge in [0.05, 0.1) is 0 Å². The molecule has 3 heteroatoms. The summed E-state index contributed by atoms with van der Waals surface area (Å²) >= 11 is -2.45. The number of rotatable bonds is 4. The fraction of sp³-hybridized carbons (Fsp3) is 0.333. The number of benzene rings is 2. The van der Waals surface area contributed by atoms with Crippen LogP contribution in [0.5, 0.6) is 0 Å². The van der Waals surface area contributed by atoms with E-state index < -0.39 is 19.4 Å². The van der Waals surface area contributed by atoms with Crippen LogP contribution in [-0.4, -0.2) is 0 Å². The van der Waals surface area contributed by atoms with Gasteiger partial charge in [-0.05, 0) is 0 Å². The predicted molar refractivity (Wildman–Crippen MR) is 103 cm³/mol. The van der Waals surface area contributed by atoms with Gasteiger partial charge in [-0.3, -0.25) is 0 Å². The van der Waals surface area contributed by atoms with Crippen LogP contribution < -0.4 is 0 Å². The maximum absolute atomic E-state index is 6.60. The molecular weight excluding hydrogens is 414 g/mol. The Morgan fingerprint density at radius 2 is 1.75 bits per heavy atom. The van der Waals surface area contributed by atoms with Gasteiger partial charge in [0.15, 0.2) is 0 Å². The molecule has 0 saturated carbocycles. The van der Waals surface area contributed by atoms with Gasteiger partial charge in [0.1, 0.15) is 0 Å². The number of halogens is 2. The Morgan fingerprint density at radius 1 is 1.04 bits per heavy atom. The van der Waals surface area contributed by atoms with E-state index in [1.807, 2.05) is 0 Å². The molecule has 0 aliphatic heterocycles. The van der Waals surface area contributed by atoms with Crippen molar-refractivity contribution in [3.05, 3.63) is 64.2 Å². The van der Waals surface area contributed by atoms with Gasteiger partial charge < -0.3 is 0 Å². The summed E-state index contributed by atoms with van der Waals surface area (Å²) in [5, 5.41) is 0. The summed E-state index contributed by atoms with van der Waals surface area (Å²) < 4.78 is 0.295. The van der Waals surface area contributed by atoms with Crippen LogP contribution in [0.25, 0.3) is 17.2 Å². The second kappa shape index (κ2) is 7.49. The van der Waals surface area contributed by atoms with Gasteiger partial charge in [0.2, 0.25) is 0 Å². The van der Waals surface area contributed by atoms with E-state index in [0.29, 0.717) is 9.54 Å². The Hall–Kier alpha value is -0.357. The van der Waals surface area contributed by atoms with Crippen LogP contribution in [0.2, 0.25) is 0 Å². The third kappa shape index (κ3) is 3.21. The summed E-state index contributed by atoms with van der Waals surface area (Å²) in [4.78, 5) is 0. The molecule has 125 valence electrons. The Bertz CT molecular complexity index is 792. The van der Waals surface area contributed by atoms with E-state index in [2.05, 4.69) is 70.2 Å². The molecule has 24 heavy (non-hydrogen) atoms. The maximum atomic E-state index is 6.60. The molecule has 0 aromatic heterocycles. The first kappa shape index (κ1) is 18.4. The molecule has 2 aromatic rings. The monoisotopic (exact) mass is 435 g/mol. The van der Waals surface area contributed by atoms with Crippen LogP contribution in [-0.2, 0) is 19.4 Å². The zero-order chi connectivity index (χ0) is 17.4. The van der Waals surface area contributed by atoms with Crippen molar-refractivity contribution in [3.63, 3.8) is 0 Å². The summed E-state index contributed by atoms with van der Waals surface area (Å²) in [5.74, 6) is 0.528. The molecule has 1 aliphatic rings. The molecule has 2 atom stereocenters. The quantitative estimate of drug-likeness (QED) is 0.468. The number of fused-ring (bicyclic) bond motifs is 1. The van der Waals surface area contributed by atoms with Crippen LogP contribution >= 0.6 is 17.0 Å². The standard InChI is InChI=1S/C21H23.2ClH.Zr/c1-5-14(2)18-12-17-11-10-16(4)21(20(17)13-18)19-9-7-6-8-15(19)3;;;/h6-14H,5H2,1-4H3;2*1H;/q;;;+2/p-2. The van der Waals surface area contributed by atoms with Gasteiger partial charge >= 0.3 is 161 Å². The predicted octanol–water partition coefficient (Wildman–Crippen LogP) is 7.38. The van der Waals surface area contributed by atoms with Crippen LogP contribution in [0.1, 0.15) is 46.1 Å². The third-order valence-corrected chi connectivity index (χ3v) is 10.5. The SMILES string of the molecule is CCC(C)C1=Cc2c(ccc(C)c2-c2ccccc2C)[CH]1[Zr]([Cl])[Cl]. The number of aryl methyl sites for hydroxylation is 2. The Kier molecular flexibility index (Phi) is 5.75. The molecule has 2 unspecified atom stereocenters. The summed E-state index contributed by atoms with van der Waals surface area (Å²) in [5.41, 5.74) is 9.46. The van der Waals surface area contributed by atoms with Gasteiger partial charge in [-0.25, -0.2) is 0 Å². The summed E-state index contributed by atoms with van der Waals surface area (Å²) in [6.07, 6.45) is 3.52. The van der Waals surface area contributed by atoms with Crippen molar-refractivity contribution in [1.82, 2.24) is 0 Å². The van der Waals surface area contributed by atoms with Crippen molar-refractivity contribution in [2.75, 3.05) is 0 Å². The molecule has 0 amide bonds. The molecule has 0 heterocycles. The first-order valence-corrected chi connectivity index (χ1v) is 16.3. The van der Waals surface area contributed by atoms with Gasteiger partial charge in [0, 0.05) is 0 Å². The van der Waals surface area contributed by atoms with Gasteiger partial charge in [-0.2, -0.15) is 0 Å². The second-order valence-corrected chi connectivity index (χ2v) is 15.6. The average molecular weight is 438 g/mol. The summed E-state index contributed by atoms with van der Waals surface area (Å²) in [6, 6.07) is 13.1. The van der Waals surface area contributed by atoms with E-state index in [9.17, 15) is 0 Å². The van der Waals surface area contributed by atoms with E-state index in [1.165, 1.54) is 39.0 Å². The summed E-state index contributed by atoms with van der Waals surface area (Å²) in [7, 11) is 13.2. The molecule has 1 aliphatic carbocycles. The van der Waals surface area contributed by atoms with Crippen LogP contribution in [0.3, 0.4) is 0 Å². The van der Waals surface area contributed by atoms with Crippen LogP contribution in [0.4, 0.5) is 0 Å². The zero-order valence-electron chi connectivity index (χ0n) is 14.7. The molecular formula is C21H23Cl2Zr. The zero-order valence-corrected chi connectivity index (χ0v) is 18.6. The van der Waals surface area contributed by atoms with E-state index in [-0.39, 0.29) is 0 Å². The third-order valence-electron chi connectivity index (χ3n) is 5.26. The average Bonchev–Trinajstić information content (AvgIpc) is 2.94. The Labute approximate surface area is 160 Å². The van der Waals surface area contributed by atoms with Crippen molar-refractivity contribution in [3.8, 4) is 11.1 Å². The topological polar surface area (TPSA) is 0 Å². The van der Waals surface area contributed by atoms with Crippen molar-refractivity contribution in [2.45, 2.75) is 37.7 Å². The molecule has 2 aromatic carbocycles. The van der Waals surface area contributed by atoms with Gasteiger partial charge in [-0.15, -0.1) is 0 Å². The van der Waals surface area contributed by atoms with Crippen LogP contribution in [0, 0.1) is 19.8 Å². The van der Waals surface area contributed by atoms with Crippen LogP contribution in [0.15, 0.2) is 42.0 Å². The van der Waals surface area contributed by atoms with Crippen molar-refractivity contribution < 1.29 is 19.4 Å². The minimum absolute atomic E-state index is 0.295. The van der Waals surface area contributed by atoms with E-state index in [0.717, 1.165) is 6.42 Å². The molecule has 0 nitrogen and oxygen atoms in total. The second-order valence-electron chi connectivity index (χ2n) is 6.75. The molecule has 0 bridgehead atoms.